The van der Waals surface area contributed by atoms with Gasteiger partial charge in [0.2, 0.25) is 0 Å². The molecule has 0 amide bonds. The first-order valence-electron chi connectivity index (χ1n) is 7.03. The maximum Gasteiger partial charge on any atom is 0.115 e. The molecule has 0 fully saturated rings. The molecule has 110 valence electrons. The Morgan fingerprint density at radius 2 is 1.05 bits per heavy atom. The number of benzene rings is 3. The summed E-state index contributed by atoms with van der Waals surface area (Å²) in [7, 11) is 0. The fourth-order valence-corrected chi connectivity index (χ4v) is 4.61. The molecule has 1 N–H and O–H groups in total. The van der Waals surface area contributed by atoms with Crippen LogP contribution in [0.3, 0.4) is 0 Å². The summed E-state index contributed by atoms with van der Waals surface area (Å²) in [6, 6.07) is 28.3. The Morgan fingerprint density at radius 3 is 1.50 bits per heavy atom. The second-order valence-electron chi connectivity index (χ2n) is 4.79. The molecule has 0 radical (unpaired) electrons. The Balaban J connectivity index is 1.86. The van der Waals surface area contributed by atoms with Crippen molar-refractivity contribution in [3.05, 3.63) is 90.5 Å². The number of thioether (sulfide) groups is 2. The van der Waals surface area contributed by atoms with Crippen LogP contribution in [0.25, 0.3) is 0 Å². The van der Waals surface area contributed by atoms with E-state index in [-0.39, 0.29) is 4.58 Å². The van der Waals surface area contributed by atoms with Crippen LogP contribution in [0, 0.1) is 0 Å². The molecule has 0 aromatic heterocycles. The van der Waals surface area contributed by atoms with Gasteiger partial charge in [0.05, 0.1) is 4.58 Å². The molecule has 0 aliphatic carbocycles. The predicted octanol–water partition coefficient (Wildman–Crippen LogP) is 5.98. The Hall–Kier alpha value is -1.84. The predicted molar refractivity (Wildman–Crippen MR) is 95.4 cm³/mol. The third-order valence-electron chi connectivity index (χ3n) is 3.14. The third kappa shape index (κ3) is 4.09. The highest BCUT2D eigenvalue weighted by Gasteiger charge is 2.15. The number of phenolic OH excluding ortho intramolecular Hbond substituents is 1. The van der Waals surface area contributed by atoms with Gasteiger partial charge in [0.15, 0.2) is 0 Å². The molecule has 0 saturated heterocycles. The maximum absolute atomic E-state index is 9.50. The van der Waals surface area contributed by atoms with E-state index in [9.17, 15) is 5.11 Å². The molecule has 3 aromatic rings. The van der Waals surface area contributed by atoms with E-state index in [1.54, 1.807) is 12.1 Å². The van der Waals surface area contributed by atoms with Gasteiger partial charge < -0.3 is 5.11 Å². The SMILES string of the molecule is Oc1ccc(C(Sc2ccccc2)Sc2ccccc2)cc1. The van der Waals surface area contributed by atoms with Gasteiger partial charge in [-0.25, -0.2) is 0 Å². The van der Waals surface area contributed by atoms with Crippen molar-refractivity contribution in [2.75, 3.05) is 0 Å². The van der Waals surface area contributed by atoms with Crippen LogP contribution in [0.2, 0.25) is 0 Å². The van der Waals surface area contributed by atoms with Crippen LogP contribution in [0.1, 0.15) is 10.1 Å². The van der Waals surface area contributed by atoms with E-state index < -0.39 is 0 Å². The fraction of sp³-hybridized carbons (Fsp3) is 0.0526. The van der Waals surface area contributed by atoms with Gasteiger partial charge in [-0.1, -0.05) is 48.5 Å². The summed E-state index contributed by atoms with van der Waals surface area (Å²) in [6.07, 6.45) is 0. The molecule has 22 heavy (non-hydrogen) atoms. The lowest BCUT2D eigenvalue weighted by atomic mass is 10.2. The summed E-state index contributed by atoms with van der Waals surface area (Å²) in [5, 5.41) is 9.50. The van der Waals surface area contributed by atoms with E-state index in [1.165, 1.54) is 15.4 Å². The number of hydrogen-bond donors (Lipinski definition) is 1. The topological polar surface area (TPSA) is 20.2 Å². The van der Waals surface area contributed by atoms with Crippen molar-refractivity contribution in [3.63, 3.8) is 0 Å². The summed E-state index contributed by atoms with van der Waals surface area (Å²) < 4.78 is 0.241. The smallest absolute Gasteiger partial charge is 0.115 e. The Labute approximate surface area is 139 Å². The lowest BCUT2D eigenvalue weighted by Crippen LogP contribution is -1.89. The molecule has 0 aliphatic rings. The molecule has 3 aromatic carbocycles. The van der Waals surface area contributed by atoms with Gasteiger partial charge in [-0.15, -0.1) is 23.5 Å². The van der Waals surface area contributed by atoms with Gasteiger partial charge in [0.1, 0.15) is 5.75 Å². The minimum atomic E-state index is 0.241. The van der Waals surface area contributed by atoms with E-state index in [4.69, 9.17) is 0 Å². The van der Waals surface area contributed by atoms with Gasteiger partial charge >= 0.3 is 0 Å². The molecule has 3 rings (SSSR count). The lowest BCUT2D eigenvalue weighted by Gasteiger charge is -2.17. The van der Waals surface area contributed by atoms with E-state index in [1.807, 2.05) is 47.8 Å². The number of phenols is 1. The molecule has 0 aliphatic heterocycles. The van der Waals surface area contributed by atoms with E-state index >= 15 is 0 Å². The Bertz CT molecular complexity index is 655. The van der Waals surface area contributed by atoms with Gasteiger partial charge in [-0.05, 0) is 42.0 Å². The highest BCUT2D eigenvalue weighted by Crippen LogP contribution is 2.47. The van der Waals surface area contributed by atoms with Crippen LogP contribution in [-0.2, 0) is 0 Å². The van der Waals surface area contributed by atoms with Crippen molar-refractivity contribution in [2.45, 2.75) is 14.4 Å². The average Bonchev–Trinajstić information content (AvgIpc) is 2.57. The largest absolute Gasteiger partial charge is 0.508 e. The lowest BCUT2D eigenvalue weighted by molar-refractivity contribution is 0.475. The zero-order valence-corrected chi connectivity index (χ0v) is 13.6. The minimum Gasteiger partial charge on any atom is -0.508 e. The van der Waals surface area contributed by atoms with E-state index in [2.05, 4.69) is 48.5 Å². The summed E-state index contributed by atoms with van der Waals surface area (Å²) >= 11 is 3.65. The molecule has 0 unspecified atom stereocenters. The zero-order chi connectivity index (χ0) is 15.2. The molecule has 1 nitrogen and oxygen atoms in total. The second kappa shape index (κ2) is 7.43. The molecule has 0 atom stereocenters. The number of rotatable bonds is 5. The van der Waals surface area contributed by atoms with Crippen LogP contribution >= 0.6 is 23.5 Å². The molecular formula is C19H16OS2. The first-order chi connectivity index (χ1) is 10.8. The molecule has 3 heteroatoms. The maximum atomic E-state index is 9.50. The van der Waals surface area contributed by atoms with Crippen molar-refractivity contribution in [3.8, 4) is 5.75 Å². The highest BCUT2D eigenvalue weighted by molar-refractivity contribution is 8.16. The van der Waals surface area contributed by atoms with Crippen LogP contribution in [-0.4, -0.2) is 5.11 Å². The normalized spacial score (nSPS) is 10.8. The molecule has 0 saturated carbocycles. The quantitative estimate of drug-likeness (QED) is 0.461. The average molecular weight is 324 g/mol. The Morgan fingerprint density at radius 1 is 0.591 bits per heavy atom. The first kappa shape index (κ1) is 15.1. The van der Waals surface area contributed by atoms with Crippen molar-refractivity contribution in [1.82, 2.24) is 0 Å². The summed E-state index contributed by atoms with van der Waals surface area (Å²) in [5.41, 5.74) is 1.19. The van der Waals surface area contributed by atoms with Crippen LogP contribution in [0.5, 0.6) is 5.75 Å². The standard InChI is InChI=1S/C19H16OS2/c20-16-13-11-15(12-14-16)19(21-17-7-3-1-4-8-17)22-18-9-5-2-6-10-18/h1-14,19-20H. The van der Waals surface area contributed by atoms with Crippen LogP contribution in [0.4, 0.5) is 0 Å². The molecular weight excluding hydrogens is 308 g/mol. The monoisotopic (exact) mass is 324 g/mol. The van der Waals surface area contributed by atoms with Crippen molar-refractivity contribution < 1.29 is 5.11 Å². The highest BCUT2D eigenvalue weighted by atomic mass is 32.2. The van der Waals surface area contributed by atoms with E-state index in [0.29, 0.717) is 5.75 Å². The van der Waals surface area contributed by atoms with Crippen LogP contribution < -0.4 is 0 Å². The first-order valence-corrected chi connectivity index (χ1v) is 8.79. The van der Waals surface area contributed by atoms with Gasteiger partial charge in [-0.2, -0.15) is 0 Å². The fourth-order valence-electron chi connectivity index (χ4n) is 2.04. The van der Waals surface area contributed by atoms with Crippen molar-refractivity contribution in [2.24, 2.45) is 0 Å². The molecule has 0 bridgehead atoms. The zero-order valence-electron chi connectivity index (χ0n) is 11.9. The van der Waals surface area contributed by atoms with Crippen molar-refractivity contribution >= 4 is 23.5 Å². The van der Waals surface area contributed by atoms with Gasteiger partial charge in [0.25, 0.3) is 0 Å². The minimum absolute atomic E-state index is 0.241. The molecule has 0 spiro atoms. The Kier molecular flexibility index (Phi) is 5.09. The number of hydrogen-bond acceptors (Lipinski definition) is 3. The van der Waals surface area contributed by atoms with E-state index in [0.717, 1.165) is 0 Å². The second-order valence-corrected chi connectivity index (χ2v) is 7.44. The summed E-state index contributed by atoms with van der Waals surface area (Å²) in [6.45, 7) is 0. The van der Waals surface area contributed by atoms with Crippen LogP contribution in [0.15, 0.2) is 94.7 Å². The third-order valence-corrected chi connectivity index (χ3v) is 5.78. The molecule has 0 heterocycles. The summed E-state index contributed by atoms with van der Waals surface area (Å²) in [4.78, 5) is 2.48. The van der Waals surface area contributed by atoms with Crippen molar-refractivity contribution in [1.29, 1.82) is 0 Å². The van der Waals surface area contributed by atoms with Gasteiger partial charge in [-0.3, -0.25) is 0 Å². The van der Waals surface area contributed by atoms with Gasteiger partial charge in [0, 0.05) is 9.79 Å². The summed E-state index contributed by atoms with van der Waals surface area (Å²) in [5.74, 6) is 0.303. The number of aromatic hydroxyl groups is 1.